The van der Waals surface area contributed by atoms with Gasteiger partial charge in [-0.3, -0.25) is 0 Å². The zero-order valence-electron chi connectivity index (χ0n) is 8.45. The van der Waals surface area contributed by atoms with E-state index in [1.165, 1.54) is 13.2 Å². The van der Waals surface area contributed by atoms with Gasteiger partial charge >= 0.3 is 5.97 Å². The Hall–Kier alpha value is -1.48. The fourth-order valence-corrected chi connectivity index (χ4v) is 1.60. The van der Waals surface area contributed by atoms with Crippen LogP contribution in [-0.2, 0) is 4.79 Å². The van der Waals surface area contributed by atoms with E-state index in [1.807, 2.05) is 6.92 Å². The molecule has 0 amide bonds. The molecule has 0 aliphatic carbocycles. The average molecular weight is 227 g/mol. The number of rotatable bonds is 3. The number of hydrogen-bond acceptors (Lipinski definition) is 2. The molecule has 0 aromatic heterocycles. The van der Waals surface area contributed by atoms with E-state index in [2.05, 4.69) is 0 Å². The predicted octanol–water partition coefficient (Wildman–Crippen LogP) is 2.75. The molecular formula is C11H11ClO3. The fourth-order valence-electron chi connectivity index (χ4n) is 1.32. The molecule has 0 unspecified atom stereocenters. The summed E-state index contributed by atoms with van der Waals surface area (Å²) in [5, 5.41) is 9.07. The largest absolute Gasteiger partial charge is 0.496 e. The summed E-state index contributed by atoms with van der Waals surface area (Å²) < 4.78 is 5.16. The first-order valence-corrected chi connectivity index (χ1v) is 4.67. The Morgan fingerprint density at radius 3 is 2.73 bits per heavy atom. The Labute approximate surface area is 92.9 Å². The highest BCUT2D eigenvalue weighted by molar-refractivity contribution is 6.30. The third-order valence-electron chi connectivity index (χ3n) is 1.88. The lowest BCUT2D eigenvalue weighted by atomic mass is 10.1. The smallest absolute Gasteiger partial charge is 0.328 e. The lowest BCUT2D eigenvalue weighted by Gasteiger charge is -2.08. The highest BCUT2D eigenvalue weighted by Crippen LogP contribution is 2.28. The number of benzene rings is 1. The number of aryl methyl sites for hydroxylation is 1. The average Bonchev–Trinajstić information content (AvgIpc) is 2.13. The normalized spacial score (nSPS) is 10.6. The summed E-state index contributed by atoms with van der Waals surface area (Å²) in [6.07, 6.45) is 2.51. The van der Waals surface area contributed by atoms with E-state index in [0.29, 0.717) is 16.3 Å². The van der Waals surface area contributed by atoms with Gasteiger partial charge in [0.2, 0.25) is 0 Å². The molecule has 0 saturated heterocycles. The summed E-state index contributed by atoms with van der Waals surface area (Å²) in [5.74, 6) is -0.369. The number of hydrogen-bond donors (Lipinski definition) is 1. The number of methoxy groups -OCH3 is 1. The van der Waals surface area contributed by atoms with E-state index in [-0.39, 0.29) is 0 Å². The summed E-state index contributed by atoms with van der Waals surface area (Å²) in [4.78, 5) is 10.4. The van der Waals surface area contributed by atoms with Crippen LogP contribution < -0.4 is 4.74 Å². The standard InChI is InChI=1S/C11H11ClO3/c1-7-5-9(12)6-8(11(7)15-2)3-4-10(13)14/h3-6H,1-2H3,(H,13,14)/b4-3+. The Morgan fingerprint density at radius 1 is 1.53 bits per heavy atom. The maximum atomic E-state index is 10.4. The Bertz CT molecular complexity index is 411. The van der Waals surface area contributed by atoms with Crippen molar-refractivity contribution in [2.45, 2.75) is 6.92 Å². The molecule has 0 aliphatic rings. The zero-order valence-corrected chi connectivity index (χ0v) is 9.21. The highest BCUT2D eigenvalue weighted by Gasteiger charge is 2.05. The van der Waals surface area contributed by atoms with Crippen LogP contribution in [0.2, 0.25) is 5.02 Å². The minimum atomic E-state index is -1.00. The third kappa shape index (κ3) is 2.99. The topological polar surface area (TPSA) is 46.5 Å². The van der Waals surface area contributed by atoms with Crippen molar-refractivity contribution in [2.75, 3.05) is 7.11 Å². The van der Waals surface area contributed by atoms with Crippen LogP contribution in [0.25, 0.3) is 6.08 Å². The lowest BCUT2D eigenvalue weighted by Crippen LogP contribution is -1.92. The highest BCUT2D eigenvalue weighted by atomic mass is 35.5. The maximum Gasteiger partial charge on any atom is 0.328 e. The van der Waals surface area contributed by atoms with Crippen molar-refractivity contribution in [2.24, 2.45) is 0 Å². The van der Waals surface area contributed by atoms with Crippen LogP contribution in [0.3, 0.4) is 0 Å². The Morgan fingerprint density at radius 2 is 2.20 bits per heavy atom. The molecular weight excluding hydrogens is 216 g/mol. The Balaban J connectivity index is 3.20. The number of carbonyl (C=O) groups is 1. The van der Waals surface area contributed by atoms with Gasteiger partial charge in [0.15, 0.2) is 0 Å². The van der Waals surface area contributed by atoms with Crippen LogP contribution in [0.15, 0.2) is 18.2 Å². The van der Waals surface area contributed by atoms with Crippen molar-refractivity contribution < 1.29 is 14.6 Å². The zero-order chi connectivity index (χ0) is 11.4. The molecule has 0 atom stereocenters. The summed E-state index contributed by atoms with van der Waals surface area (Å²) in [5.41, 5.74) is 1.53. The first-order chi connectivity index (χ1) is 7.04. The molecule has 0 fully saturated rings. The van der Waals surface area contributed by atoms with Gasteiger partial charge in [-0.2, -0.15) is 0 Å². The second kappa shape index (κ2) is 4.84. The van der Waals surface area contributed by atoms with Crippen LogP contribution in [0.5, 0.6) is 5.75 Å². The maximum absolute atomic E-state index is 10.4. The van der Waals surface area contributed by atoms with Gasteiger partial charge in [-0.05, 0) is 30.7 Å². The molecule has 80 valence electrons. The SMILES string of the molecule is COc1c(C)cc(Cl)cc1/C=C/C(=O)O. The van der Waals surface area contributed by atoms with Crippen molar-refractivity contribution in [3.8, 4) is 5.75 Å². The molecule has 0 heterocycles. The Kier molecular flexibility index (Phi) is 3.74. The number of carboxylic acid groups (broad SMARTS) is 1. The molecule has 1 rings (SSSR count). The van der Waals surface area contributed by atoms with Crippen LogP contribution in [0.4, 0.5) is 0 Å². The van der Waals surface area contributed by atoms with E-state index in [1.54, 1.807) is 12.1 Å². The molecule has 0 saturated carbocycles. The first kappa shape index (κ1) is 11.6. The molecule has 15 heavy (non-hydrogen) atoms. The first-order valence-electron chi connectivity index (χ1n) is 4.29. The second-order valence-electron chi connectivity index (χ2n) is 3.02. The van der Waals surface area contributed by atoms with Gasteiger partial charge in [-0.1, -0.05) is 11.6 Å². The third-order valence-corrected chi connectivity index (χ3v) is 2.10. The van der Waals surface area contributed by atoms with Crippen molar-refractivity contribution >= 4 is 23.6 Å². The van der Waals surface area contributed by atoms with Crippen molar-refractivity contribution in [1.29, 1.82) is 0 Å². The fraction of sp³-hybridized carbons (Fsp3) is 0.182. The van der Waals surface area contributed by atoms with Gasteiger partial charge in [0.25, 0.3) is 0 Å². The minimum Gasteiger partial charge on any atom is -0.496 e. The molecule has 0 bridgehead atoms. The summed E-state index contributed by atoms with van der Waals surface area (Å²) >= 11 is 5.86. The molecule has 0 aliphatic heterocycles. The van der Waals surface area contributed by atoms with Crippen LogP contribution in [0.1, 0.15) is 11.1 Å². The molecule has 1 aromatic rings. The number of ether oxygens (including phenoxy) is 1. The van der Waals surface area contributed by atoms with Crippen LogP contribution >= 0.6 is 11.6 Å². The molecule has 1 N–H and O–H groups in total. The van der Waals surface area contributed by atoms with E-state index in [0.717, 1.165) is 11.6 Å². The molecule has 1 aromatic carbocycles. The molecule has 4 heteroatoms. The van der Waals surface area contributed by atoms with Gasteiger partial charge in [0.05, 0.1) is 7.11 Å². The minimum absolute atomic E-state index is 0.554. The number of carboxylic acids is 1. The summed E-state index contributed by atoms with van der Waals surface area (Å²) in [7, 11) is 1.54. The van der Waals surface area contributed by atoms with Crippen molar-refractivity contribution in [1.82, 2.24) is 0 Å². The molecule has 0 radical (unpaired) electrons. The molecule has 3 nitrogen and oxygen atoms in total. The number of aliphatic carboxylic acids is 1. The van der Waals surface area contributed by atoms with Crippen molar-refractivity contribution in [3.63, 3.8) is 0 Å². The number of halogens is 1. The van der Waals surface area contributed by atoms with Gasteiger partial charge in [-0.15, -0.1) is 0 Å². The van der Waals surface area contributed by atoms with E-state index in [9.17, 15) is 4.79 Å². The van der Waals surface area contributed by atoms with Crippen molar-refractivity contribution in [3.05, 3.63) is 34.4 Å². The predicted molar refractivity (Wildman–Crippen MR) is 59.4 cm³/mol. The van der Waals surface area contributed by atoms with E-state index >= 15 is 0 Å². The van der Waals surface area contributed by atoms with E-state index < -0.39 is 5.97 Å². The van der Waals surface area contributed by atoms with E-state index in [4.69, 9.17) is 21.4 Å². The van der Waals surface area contributed by atoms with Gasteiger partial charge in [-0.25, -0.2) is 4.79 Å². The monoisotopic (exact) mass is 226 g/mol. The van der Waals surface area contributed by atoms with Gasteiger partial charge in [0, 0.05) is 16.7 Å². The summed E-state index contributed by atoms with van der Waals surface area (Å²) in [6.45, 7) is 1.85. The van der Waals surface area contributed by atoms with Gasteiger partial charge in [0.1, 0.15) is 5.75 Å². The molecule has 0 spiro atoms. The summed E-state index contributed by atoms with van der Waals surface area (Å²) in [6, 6.07) is 3.42. The van der Waals surface area contributed by atoms with Gasteiger partial charge < -0.3 is 9.84 Å². The second-order valence-corrected chi connectivity index (χ2v) is 3.45. The van der Waals surface area contributed by atoms with Crippen LogP contribution in [-0.4, -0.2) is 18.2 Å². The lowest BCUT2D eigenvalue weighted by molar-refractivity contribution is -0.131. The quantitative estimate of drug-likeness (QED) is 0.807. The van der Waals surface area contributed by atoms with Crippen LogP contribution in [0, 0.1) is 6.92 Å².